The van der Waals surface area contributed by atoms with E-state index >= 15 is 0 Å². The van der Waals surface area contributed by atoms with Gasteiger partial charge in [0, 0.05) is 48.0 Å². The van der Waals surface area contributed by atoms with Crippen molar-refractivity contribution in [1.82, 2.24) is 25.2 Å². The Morgan fingerprint density at radius 3 is 2.88 bits per heavy atom. The fourth-order valence-electron chi connectivity index (χ4n) is 4.30. The monoisotopic (exact) mass is 441 g/mol. The smallest absolute Gasteiger partial charge is 0.350 e. The van der Waals surface area contributed by atoms with Crippen molar-refractivity contribution >= 4 is 22.9 Å². The average molecular weight is 441 g/mol. The molecule has 0 bridgehead atoms. The lowest BCUT2D eigenvalue weighted by Crippen LogP contribution is -2.38. The molecule has 3 N–H and O–H groups in total. The van der Waals surface area contributed by atoms with E-state index in [9.17, 15) is 23.2 Å². The Hall–Kier alpha value is -3.65. The van der Waals surface area contributed by atoms with Crippen molar-refractivity contribution in [2.24, 2.45) is 0 Å². The number of hydrogen-bond donors (Lipinski definition) is 3. The van der Waals surface area contributed by atoms with Crippen molar-refractivity contribution in [2.75, 3.05) is 18.4 Å². The van der Waals surface area contributed by atoms with Gasteiger partial charge in [0.25, 0.3) is 0 Å². The summed E-state index contributed by atoms with van der Waals surface area (Å²) in [5.74, 6) is 0.0933. The molecule has 0 saturated carbocycles. The van der Waals surface area contributed by atoms with Gasteiger partial charge in [-0.2, -0.15) is 18.4 Å². The molecule has 0 spiro atoms. The number of piperidine rings is 1. The van der Waals surface area contributed by atoms with Gasteiger partial charge in [-0.25, -0.2) is 14.8 Å². The fraction of sp³-hybridized carbons (Fsp3) is 0.333. The first-order valence-electron chi connectivity index (χ1n) is 10.1. The number of anilines is 1. The van der Waals surface area contributed by atoms with Crippen molar-refractivity contribution in [2.45, 2.75) is 31.6 Å². The Kier molecular flexibility index (Phi) is 4.74. The second kappa shape index (κ2) is 7.49. The third-order valence-electron chi connectivity index (χ3n) is 5.81. The summed E-state index contributed by atoms with van der Waals surface area (Å²) in [4.78, 5) is 20.6. The molecule has 5 rings (SSSR count). The van der Waals surface area contributed by atoms with Crippen LogP contribution >= 0.6 is 0 Å². The van der Waals surface area contributed by atoms with Crippen molar-refractivity contribution in [3.63, 3.8) is 0 Å². The van der Waals surface area contributed by atoms with Gasteiger partial charge in [-0.3, -0.25) is 4.57 Å². The Labute approximate surface area is 180 Å². The molecule has 1 amide bonds. The van der Waals surface area contributed by atoms with Crippen molar-refractivity contribution < 1.29 is 18.0 Å². The average Bonchev–Trinajstić information content (AvgIpc) is 3.17. The van der Waals surface area contributed by atoms with Crippen LogP contribution in [0.5, 0.6) is 0 Å². The predicted molar refractivity (Wildman–Crippen MR) is 110 cm³/mol. The first-order valence-corrected chi connectivity index (χ1v) is 10.1. The van der Waals surface area contributed by atoms with E-state index in [0.717, 1.165) is 25.6 Å². The third kappa shape index (κ3) is 3.33. The van der Waals surface area contributed by atoms with Gasteiger partial charge in [0.1, 0.15) is 5.56 Å². The van der Waals surface area contributed by atoms with Crippen molar-refractivity contribution in [3.05, 3.63) is 41.2 Å². The molecule has 2 aromatic heterocycles. The molecule has 2 aliphatic heterocycles. The van der Waals surface area contributed by atoms with Gasteiger partial charge in [0.2, 0.25) is 5.95 Å². The summed E-state index contributed by atoms with van der Waals surface area (Å²) in [7, 11) is 0. The van der Waals surface area contributed by atoms with Crippen LogP contribution in [-0.2, 0) is 12.7 Å². The van der Waals surface area contributed by atoms with Gasteiger partial charge in [-0.05, 0) is 25.5 Å². The maximum atomic E-state index is 13.9. The number of rotatable bonds is 3. The lowest BCUT2D eigenvalue weighted by molar-refractivity contribution is -0.137. The molecule has 32 heavy (non-hydrogen) atoms. The van der Waals surface area contributed by atoms with Crippen LogP contribution in [0.15, 0.2) is 24.5 Å². The molecule has 11 heteroatoms. The summed E-state index contributed by atoms with van der Waals surface area (Å²) in [6.45, 7) is 1.69. The van der Waals surface area contributed by atoms with E-state index in [4.69, 9.17) is 0 Å². The zero-order valence-corrected chi connectivity index (χ0v) is 16.8. The van der Waals surface area contributed by atoms with Gasteiger partial charge >= 0.3 is 12.2 Å². The Bertz CT molecular complexity index is 1270. The quantitative estimate of drug-likeness (QED) is 0.576. The van der Waals surface area contributed by atoms with E-state index in [0.29, 0.717) is 28.6 Å². The summed E-state index contributed by atoms with van der Waals surface area (Å²) in [6, 6.07) is 4.70. The van der Waals surface area contributed by atoms with E-state index in [1.165, 1.54) is 10.8 Å². The summed E-state index contributed by atoms with van der Waals surface area (Å²) in [5.41, 5.74) is 0.185. The highest BCUT2D eigenvalue weighted by atomic mass is 19.4. The molecular formula is C21H18F3N7O. The molecule has 1 aromatic carbocycles. The maximum absolute atomic E-state index is 13.9. The summed E-state index contributed by atoms with van der Waals surface area (Å²) in [5, 5.41) is 18.8. The molecule has 1 atom stereocenters. The predicted octanol–water partition coefficient (Wildman–Crippen LogP) is 3.22. The van der Waals surface area contributed by atoms with Crippen LogP contribution in [0.1, 0.15) is 29.5 Å². The largest absolute Gasteiger partial charge is 0.419 e. The van der Waals surface area contributed by atoms with Crippen LogP contribution in [-0.4, -0.2) is 39.7 Å². The van der Waals surface area contributed by atoms with Crippen molar-refractivity contribution in [1.29, 1.82) is 5.26 Å². The second-order valence-electron chi connectivity index (χ2n) is 7.81. The highest BCUT2D eigenvalue weighted by Crippen LogP contribution is 2.41. The zero-order valence-electron chi connectivity index (χ0n) is 16.8. The number of alkyl halides is 3. The van der Waals surface area contributed by atoms with Crippen molar-refractivity contribution in [3.8, 4) is 17.3 Å². The highest BCUT2D eigenvalue weighted by molar-refractivity contribution is 6.04. The van der Waals surface area contributed by atoms with E-state index in [-0.39, 0.29) is 29.8 Å². The number of benzene rings is 1. The van der Waals surface area contributed by atoms with E-state index in [2.05, 4.69) is 32.0 Å². The topological polar surface area (TPSA) is 108 Å². The molecule has 0 aliphatic carbocycles. The lowest BCUT2D eigenvalue weighted by Gasteiger charge is -2.24. The number of carbonyl (C=O) groups excluding carboxylic acids is 1. The minimum absolute atomic E-state index is 0.00679. The first kappa shape index (κ1) is 20.3. The number of halogens is 3. The maximum Gasteiger partial charge on any atom is 0.419 e. The normalized spacial score (nSPS) is 18.3. The molecule has 4 heterocycles. The van der Waals surface area contributed by atoms with Crippen LogP contribution < -0.4 is 16.0 Å². The van der Waals surface area contributed by atoms with E-state index in [1.54, 1.807) is 12.1 Å². The third-order valence-corrected chi connectivity index (χ3v) is 5.81. The van der Waals surface area contributed by atoms with Gasteiger partial charge < -0.3 is 16.0 Å². The molecule has 164 valence electrons. The molecule has 8 nitrogen and oxygen atoms in total. The Morgan fingerprint density at radius 2 is 2.16 bits per heavy atom. The molecule has 2 aliphatic rings. The zero-order chi connectivity index (χ0) is 22.5. The molecule has 0 unspecified atom stereocenters. The number of nitriles is 1. The number of amides is 1. The summed E-state index contributed by atoms with van der Waals surface area (Å²) in [6.07, 6.45) is -0.779. The van der Waals surface area contributed by atoms with E-state index in [1.807, 2.05) is 0 Å². The highest BCUT2D eigenvalue weighted by Gasteiger charge is 2.37. The summed E-state index contributed by atoms with van der Waals surface area (Å²) >= 11 is 0. The minimum Gasteiger partial charge on any atom is -0.350 e. The lowest BCUT2D eigenvalue weighted by atomic mass is 10.00. The molecule has 1 fully saturated rings. The van der Waals surface area contributed by atoms with Gasteiger partial charge in [0.05, 0.1) is 22.8 Å². The number of nitrogens with one attached hydrogen (secondary N) is 3. The molecule has 3 aromatic rings. The summed E-state index contributed by atoms with van der Waals surface area (Å²) < 4.78 is 42.8. The Morgan fingerprint density at radius 1 is 1.31 bits per heavy atom. The minimum atomic E-state index is -4.69. The SMILES string of the molecule is N#Cc1ccc2c(-c3nc(N[C@H]4CCCNC4)ncc3C(F)(F)F)cn3c2c1CNC3=O. The van der Waals surface area contributed by atoms with Gasteiger partial charge in [-0.1, -0.05) is 6.07 Å². The number of nitrogens with zero attached hydrogens (tertiary/aromatic N) is 4. The fourth-order valence-corrected chi connectivity index (χ4v) is 4.30. The van der Waals surface area contributed by atoms with Crippen LogP contribution in [0.25, 0.3) is 22.2 Å². The van der Waals surface area contributed by atoms with Gasteiger partial charge in [0.15, 0.2) is 0 Å². The second-order valence-corrected chi connectivity index (χ2v) is 7.81. The van der Waals surface area contributed by atoms with Crippen LogP contribution in [0.4, 0.5) is 23.9 Å². The van der Waals surface area contributed by atoms with Gasteiger partial charge in [-0.15, -0.1) is 0 Å². The number of aromatic nitrogens is 3. The van der Waals surface area contributed by atoms with Crippen LogP contribution in [0, 0.1) is 11.3 Å². The molecule has 1 saturated heterocycles. The number of hydrogen-bond acceptors (Lipinski definition) is 6. The molecular weight excluding hydrogens is 423 g/mol. The standard InChI is InChI=1S/C21H18F3N7O/c22-21(23,24)16-9-27-19(29-12-2-1-5-26-7-12)30-17(16)15-10-31-18-13(15)4-3-11(6-25)14(18)8-28-20(31)32/h3-4,9-10,12,26H,1-2,5,7-8H2,(H,28,32)(H,27,29,30)/t12-/m0/s1. The van der Waals surface area contributed by atoms with Crippen LogP contribution in [0.3, 0.4) is 0 Å². The number of carbonyl (C=O) groups is 1. The van der Waals surface area contributed by atoms with E-state index < -0.39 is 17.8 Å². The first-order chi connectivity index (χ1) is 15.4. The Balaban J connectivity index is 1.70. The molecule has 0 radical (unpaired) electrons. The van der Waals surface area contributed by atoms with Crippen LogP contribution in [0.2, 0.25) is 0 Å².